The molecule has 90 valence electrons. The maximum absolute atomic E-state index is 12.0. The highest BCUT2D eigenvalue weighted by molar-refractivity contribution is 7.93. The summed E-state index contributed by atoms with van der Waals surface area (Å²) in [5.41, 5.74) is -5.19. The van der Waals surface area contributed by atoms with Gasteiger partial charge in [-0.2, -0.15) is 21.6 Å². The van der Waals surface area contributed by atoms with Crippen LogP contribution in [-0.2, 0) is 10.0 Å². The van der Waals surface area contributed by atoms with Gasteiger partial charge in [0.25, 0.3) is 0 Å². The number of alkyl halides is 3. The van der Waals surface area contributed by atoms with E-state index < -0.39 is 21.5 Å². The van der Waals surface area contributed by atoms with Crippen molar-refractivity contribution in [2.24, 2.45) is 0 Å². The van der Waals surface area contributed by atoms with Crippen molar-refractivity contribution in [3.63, 3.8) is 0 Å². The minimum Gasteiger partial charge on any atom is -0.244 e. The Morgan fingerprint density at radius 2 is 1.94 bits per heavy atom. The zero-order valence-corrected chi connectivity index (χ0v) is 9.28. The smallest absolute Gasteiger partial charge is 0.244 e. The van der Waals surface area contributed by atoms with Crippen molar-refractivity contribution in [1.82, 2.24) is 9.97 Å². The van der Waals surface area contributed by atoms with E-state index in [1.54, 1.807) is 0 Å². The van der Waals surface area contributed by atoms with E-state index in [1.165, 1.54) is 17.7 Å². The first-order valence-corrected chi connectivity index (χ1v) is 5.58. The number of hydrogen-bond acceptors (Lipinski definition) is 4. The van der Waals surface area contributed by atoms with Crippen molar-refractivity contribution in [3.8, 4) is 0 Å². The lowest BCUT2D eigenvalue weighted by molar-refractivity contribution is -0.0429. The van der Waals surface area contributed by atoms with Gasteiger partial charge in [-0.1, -0.05) is 11.6 Å². The Kier molecular flexibility index (Phi) is 3.29. The summed E-state index contributed by atoms with van der Waals surface area (Å²) >= 11 is 5.43. The molecule has 10 heteroatoms. The molecule has 1 rings (SSSR count). The molecule has 0 spiro atoms. The molecule has 0 aliphatic carbocycles. The first-order chi connectivity index (χ1) is 7.12. The largest absolute Gasteiger partial charge is 0.516 e. The number of nitrogens with one attached hydrogen (secondary N) is 1. The summed E-state index contributed by atoms with van der Waals surface area (Å²) in [7, 11) is -5.52. The van der Waals surface area contributed by atoms with Gasteiger partial charge in [0, 0.05) is 5.69 Å². The van der Waals surface area contributed by atoms with Crippen LogP contribution < -0.4 is 4.72 Å². The number of aryl methyl sites for hydroxylation is 1. The molecule has 1 aromatic rings. The van der Waals surface area contributed by atoms with E-state index >= 15 is 0 Å². The summed E-state index contributed by atoms with van der Waals surface area (Å²) in [6, 6.07) is 1.27. The van der Waals surface area contributed by atoms with E-state index in [4.69, 9.17) is 11.6 Å². The Morgan fingerprint density at radius 1 is 1.38 bits per heavy atom. The summed E-state index contributed by atoms with van der Waals surface area (Å²) < 4.78 is 58.5. The Labute approximate surface area is 93.7 Å². The van der Waals surface area contributed by atoms with Gasteiger partial charge in [-0.3, -0.25) is 0 Å². The van der Waals surface area contributed by atoms with E-state index in [9.17, 15) is 21.6 Å². The number of nitrogens with zero attached hydrogens (tertiary/aromatic N) is 2. The zero-order valence-electron chi connectivity index (χ0n) is 7.71. The number of anilines is 1. The molecule has 0 atom stereocenters. The van der Waals surface area contributed by atoms with Gasteiger partial charge in [-0.05, 0) is 13.0 Å². The lowest BCUT2D eigenvalue weighted by Gasteiger charge is -2.09. The van der Waals surface area contributed by atoms with Crippen molar-refractivity contribution in [2.45, 2.75) is 12.4 Å². The average Bonchev–Trinajstić information content (AvgIpc) is 1.97. The summed E-state index contributed by atoms with van der Waals surface area (Å²) in [5.74, 6) is -0.720. The van der Waals surface area contributed by atoms with E-state index in [1.807, 2.05) is 0 Å². The Hall–Kier alpha value is -1.09. The molecule has 0 aliphatic heterocycles. The zero-order chi connectivity index (χ0) is 12.6. The van der Waals surface area contributed by atoms with Crippen molar-refractivity contribution in [1.29, 1.82) is 0 Å². The minimum atomic E-state index is -5.52. The van der Waals surface area contributed by atoms with Gasteiger partial charge in [-0.25, -0.2) is 14.7 Å². The van der Waals surface area contributed by atoms with Crippen LogP contribution in [0.4, 0.5) is 19.1 Å². The number of hydrogen-bond donors (Lipinski definition) is 1. The molecule has 0 fully saturated rings. The van der Waals surface area contributed by atoms with Crippen LogP contribution in [0.2, 0.25) is 5.15 Å². The molecule has 1 heterocycles. The molecule has 0 radical (unpaired) electrons. The topological polar surface area (TPSA) is 72.0 Å². The fourth-order valence-corrected chi connectivity index (χ4v) is 1.44. The molecular formula is C6H5ClF3N3O2S. The average molecular weight is 276 g/mol. The monoisotopic (exact) mass is 275 g/mol. The second-order valence-corrected chi connectivity index (χ2v) is 4.77. The standard InChI is InChI=1S/C6H5ClF3N3O2S/c1-3-2-4(7)12-5(11-3)13-16(14,15)6(8,9)10/h2H,1H3,(H,11,12,13). The van der Waals surface area contributed by atoms with Crippen LogP contribution in [-0.4, -0.2) is 23.9 Å². The minimum absolute atomic E-state index is 0.160. The van der Waals surface area contributed by atoms with Crippen molar-refractivity contribution in [3.05, 3.63) is 16.9 Å². The van der Waals surface area contributed by atoms with Crippen LogP contribution in [0.1, 0.15) is 5.69 Å². The molecule has 0 aliphatic rings. The highest BCUT2D eigenvalue weighted by atomic mass is 35.5. The predicted octanol–water partition coefficient (Wildman–Crippen LogP) is 1.70. The van der Waals surface area contributed by atoms with E-state index in [0.29, 0.717) is 0 Å². The number of halogens is 4. The van der Waals surface area contributed by atoms with Gasteiger partial charge >= 0.3 is 15.5 Å². The third kappa shape index (κ3) is 2.95. The predicted molar refractivity (Wildman–Crippen MR) is 50.4 cm³/mol. The normalized spacial score (nSPS) is 12.6. The summed E-state index contributed by atoms with van der Waals surface area (Å²) in [6.45, 7) is 1.43. The Balaban J connectivity index is 3.07. The van der Waals surface area contributed by atoms with E-state index in [-0.39, 0.29) is 10.8 Å². The van der Waals surface area contributed by atoms with Crippen LogP contribution in [0.25, 0.3) is 0 Å². The number of sulfonamides is 1. The summed E-state index contributed by atoms with van der Waals surface area (Å²) in [5, 5.41) is -0.160. The molecule has 1 N–H and O–H groups in total. The van der Waals surface area contributed by atoms with Gasteiger partial charge in [0.15, 0.2) is 0 Å². The second kappa shape index (κ2) is 4.06. The SMILES string of the molecule is Cc1cc(Cl)nc(NS(=O)(=O)C(F)(F)F)n1. The molecule has 0 unspecified atom stereocenters. The molecule has 0 saturated carbocycles. The Bertz CT molecular complexity index is 482. The lowest BCUT2D eigenvalue weighted by atomic mass is 10.5. The lowest BCUT2D eigenvalue weighted by Crippen LogP contribution is -2.30. The molecule has 0 aromatic carbocycles. The number of rotatable bonds is 2. The van der Waals surface area contributed by atoms with Crippen LogP contribution in [0.15, 0.2) is 6.07 Å². The maximum Gasteiger partial charge on any atom is 0.516 e. The van der Waals surface area contributed by atoms with Gasteiger partial charge < -0.3 is 0 Å². The van der Waals surface area contributed by atoms with Crippen molar-refractivity contribution in [2.75, 3.05) is 4.72 Å². The summed E-state index contributed by atoms with van der Waals surface area (Å²) in [6.07, 6.45) is 0. The highest BCUT2D eigenvalue weighted by Crippen LogP contribution is 2.24. The van der Waals surface area contributed by atoms with E-state index in [2.05, 4.69) is 9.97 Å². The fourth-order valence-electron chi connectivity index (χ4n) is 0.754. The molecular weight excluding hydrogens is 271 g/mol. The third-order valence-electron chi connectivity index (χ3n) is 1.35. The van der Waals surface area contributed by atoms with Crippen LogP contribution in [0.5, 0.6) is 0 Å². The highest BCUT2D eigenvalue weighted by Gasteiger charge is 2.46. The van der Waals surface area contributed by atoms with E-state index in [0.717, 1.165) is 0 Å². The van der Waals surface area contributed by atoms with Crippen LogP contribution in [0, 0.1) is 6.92 Å². The maximum atomic E-state index is 12.0. The number of aromatic nitrogens is 2. The van der Waals surface area contributed by atoms with Gasteiger partial charge in [0.2, 0.25) is 5.95 Å². The second-order valence-electron chi connectivity index (χ2n) is 2.71. The molecule has 0 saturated heterocycles. The fraction of sp³-hybridized carbons (Fsp3) is 0.333. The Morgan fingerprint density at radius 3 is 2.38 bits per heavy atom. The van der Waals surface area contributed by atoms with Gasteiger partial charge in [0.05, 0.1) is 0 Å². The first kappa shape index (κ1) is 13.0. The quantitative estimate of drug-likeness (QED) is 0.834. The van der Waals surface area contributed by atoms with Crippen molar-refractivity contribution >= 4 is 27.6 Å². The molecule has 0 amide bonds. The third-order valence-corrected chi connectivity index (χ3v) is 2.61. The summed E-state index contributed by atoms with van der Waals surface area (Å²) in [4.78, 5) is 6.74. The first-order valence-electron chi connectivity index (χ1n) is 3.72. The van der Waals surface area contributed by atoms with Crippen molar-refractivity contribution < 1.29 is 21.6 Å². The van der Waals surface area contributed by atoms with Crippen LogP contribution >= 0.6 is 11.6 Å². The molecule has 1 aromatic heterocycles. The van der Waals surface area contributed by atoms with Crippen LogP contribution in [0.3, 0.4) is 0 Å². The van der Waals surface area contributed by atoms with Gasteiger partial charge in [0.1, 0.15) is 5.15 Å². The molecule has 5 nitrogen and oxygen atoms in total. The molecule has 0 bridgehead atoms. The molecule has 16 heavy (non-hydrogen) atoms. The van der Waals surface area contributed by atoms with Gasteiger partial charge in [-0.15, -0.1) is 0 Å².